The zero-order chi connectivity index (χ0) is 13.5. The second-order valence-electron chi connectivity index (χ2n) is 5.36. The number of nitrogens with zero attached hydrogens (tertiary/aromatic N) is 2. The molecule has 1 unspecified atom stereocenters. The van der Waals surface area contributed by atoms with Gasteiger partial charge < -0.3 is 5.32 Å². The van der Waals surface area contributed by atoms with Gasteiger partial charge in [0.05, 0.1) is 5.69 Å². The minimum Gasteiger partial charge on any atom is -0.308 e. The molecule has 1 N–H and O–H groups in total. The number of hydrogen-bond donors (Lipinski definition) is 1. The van der Waals surface area contributed by atoms with Crippen molar-refractivity contribution in [3.05, 3.63) is 30.1 Å². The summed E-state index contributed by atoms with van der Waals surface area (Å²) < 4.78 is 0. The average molecular weight is 249 g/mol. The third kappa shape index (κ3) is 4.75. The van der Waals surface area contributed by atoms with Gasteiger partial charge in [-0.15, -0.1) is 0 Å². The highest BCUT2D eigenvalue weighted by atomic mass is 15.2. The van der Waals surface area contributed by atoms with Crippen molar-refractivity contribution in [3.63, 3.8) is 0 Å². The Balaban J connectivity index is 2.37. The largest absolute Gasteiger partial charge is 0.308 e. The molecule has 0 amide bonds. The van der Waals surface area contributed by atoms with E-state index in [0.717, 1.165) is 18.8 Å². The molecule has 102 valence electrons. The van der Waals surface area contributed by atoms with Crippen LogP contribution in [-0.2, 0) is 0 Å². The van der Waals surface area contributed by atoms with Crippen LogP contribution in [0.15, 0.2) is 24.4 Å². The van der Waals surface area contributed by atoms with Crippen molar-refractivity contribution in [2.75, 3.05) is 13.1 Å². The molecule has 0 aliphatic heterocycles. The summed E-state index contributed by atoms with van der Waals surface area (Å²) in [6, 6.07) is 7.56. The molecular formula is C15H27N3. The van der Waals surface area contributed by atoms with Gasteiger partial charge in [-0.05, 0) is 46.8 Å². The van der Waals surface area contributed by atoms with E-state index >= 15 is 0 Å². The van der Waals surface area contributed by atoms with Crippen LogP contribution in [0.25, 0.3) is 0 Å². The Bertz CT molecular complexity index is 314. The number of nitrogens with one attached hydrogen (secondary N) is 1. The molecule has 1 rings (SSSR count). The van der Waals surface area contributed by atoms with Gasteiger partial charge in [-0.3, -0.25) is 9.88 Å². The first-order chi connectivity index (χ1) is 8.52. The molecule has 1 atom stereocenters. The van der Waals surface area contributed by atoms with Gasteiger partial charge in [0, 0.05) is 37.4 Å². The molecule has 0 aliphatic rings. The standard InChI is InChI=1S/C15H27N3/c1-12(2)18(13(3)4)11-10-16-14(5)15-8-6-7-9-17-15/h6-9,12-14,16H,10-11H2,1-5H3. The summed E-state index contributed by atoms with van der Waals surface area (Å²) in [6.45, 7) is 13.2. The summed E-state index contributed by atoms with van der Waals surface area (Å²) >= 11 is 0. The van der Waals surface area contributed by atoms with Gasteiger partial charge in [-0.1, -0.05) is 6.07 Å². The number of rotatable bonds is 7. The van der Waals surface area contributed by atoms with Crippen LogP contribution in [0.2, 0.25) is 0 Å². The van der Waals surface area contributed by atoms with Crippen LogP contribution in [0.3, 0.4) is 0 Å². The fraction of sp³-hybridized carbons (Fsp3) is 0.667. The Kier molecular flexibility index (Phi) is 6.30. The highest BCUT2D eigenvalue weighted by molar-refractivity contribution is 5.07. The summed E-state index contributed by atoms with van der Waals surface area (Å²) in [5.41, 5.74) is 1.11. The molecule has 0 saturated heterocycles. The van der Waals surface area contributed by atoms with Crippen LogP contribution in [0, 0.1) is 0 Å². The molecule has 18 heavy (non-hydrogen) atoms. The first kappa shape index (κ1) is 15.1. The third-order valence-corrected chi connectivity index (χ3v) is 3.28. The molecule has 0 saturated carbocycles. The van der Waals surface area contributed by atoms with Crippen LogP contribution < -0.4 is 5.32 Å². The molecule has 0 aromatic carbocycles. The van der Waals surface area contributed by atoms with E-state index in [4.69, 9.17) is 0 Å². The average Bonchev–Trinajstić information content (AvgIpc) is 2.34. The number of pyridine rings is 1. The molecule has 0 bridgehead atoms. The van der Waals surface area contributed by atoms with Crippen molar-refractivity contribution in [2.45, 2.75) is 52.7 Å². The van der Waals surface area contributed by atoms with Gasteiger partial charge in [-0.25, -0.2) is 0 Å². The predicted octanol–water partition coefficient (Wildman–Crippen LogP) is 2.85. The van der Waals surface area contributed by atoms with Gasteiger partial charge in [0.2, 0.25) is 0 Å². The van der Waals surface area contributed by atoms with E-state index in [1.54, 1.807) is 0 Å². The van der Waals surface area contributed by atoms with Crippen LogP contribution in [0.4, 0.5) is 0 Å². The topological polar surface area (TPSA) is 28.2 Å². The fourth-order valence-electron chi connectivity index (χ4n) is 2.26. The number of hydrogen-bond acceptors (Lipinski definition) is 3. The molecular weight excluding hydrogens is 222 g/mol. The molecule has 0 radical (unpaired) electrons. The minimum atomic E-state index is 0.312. The Hall–Kier alpha value is -0.930. The summed E-state index contributed by atoms with van der Waals surface area (Å²) in [5.74, 6) is 0. The highest BCUT2D eigenvalue weighted by Gasteiger charge is 2.13. The van der Waals surface area contributed by atoms with E-state index in [1.165, 1.54) is 0 Å². The zero-order valence-electron chi connectivity index (χ0n) is 12.4. The van der Waals surface area contributed by atoms with Crippen molar-refractivity contribution in [1.82, 2.24) is 15.2 Å². The lowest BCUT2D eigenvalue weighted by molar-refractivity contribution is 0.174. The van der Waals surface area contributed by atoms with Gasteiger partial charge in [0.25, 0.3) is 0 Å². The SMILES string of the molecule is CC(NCCN(C(C)C)C(C)C)c1ccccn1. The molecule has 0 spiro atoms. The van der Waals surface area contributed by atoms with Crippen LogP contribution in [-0.4, -0.2) is 35.1 Å². The van der Waals surface area contributed by atoms with E-state index in [1.807, 2.05) is 18.3 Å². The number of aromatic nitrogens is 1. The summed E-state index contributed by atoms with van der Waals surface area (Å²) in [6.07, 6.45) is 1.85. The summed E-state index contributed by atoms with van der Waals surface area (Å²) in [4.78, 5) is 6.87. The molecule has 3 nitrogen and oxygen atoms in total. The second kappa shape index (κ2) is 7.49. The molecule has 0 fully saturated rings. The molecule has 0 aliphatic carbocycles. The van der Waals surface area contributed by atoms with E-state index < -0.39 is 0 Å². The third-order valence-electron chi connectivity index (χ3n) is 3.28. The van der Waals surface area contributed by atoms with E-state index in [2.05, 4.69) is 55.9 Å². The molecule has 3 heteroatoms. The minimum absolute atomic E-state index is 0.312. The molecule has 1 aromatic heterocycles. The normalized spacial score (nSPS) is 13.6. The van der Waals surface area contributed by atoms with Crippen molar-refractivity contribution < 1.29 is 0 Å². The maximum Gasteiger partial charge on any atom is 0.0570 e. The van der Waals surface area contributed by atoms with Crippen molar-refractivity contribution in [1.29, 1.82) is 0 Å². The van der Waals surface area contributed by atoms with E-state index in [9.17, 15) is 0 Å². The monoisotopic (exact) mass is 249 g/mol. The van der Waals surface area contributed by atoms with Gasteiger partial charge in [-0.2, -0.15) is 0 Å². The smallest absolute Gasteiger partial charge is 0.0570 e. The zero-order valence-corrected chi connectivity index (χ0v) is 12.4. The Morgan fingerprint density at radius 1 is 1.11 bits per heavy atom. The van der Waals surface area contributed by atoms with Gasteiger partial charge >= 0.3 is 0 Å². The maximum absolute atomic E-state index is 4.37. The van der Waals surface area contributed by atoms with Crippen LogP contribution in [0.5, 0.6) is 0 Å². The quantitative estimate of drug-likeness (QED) is 0.805. The van der Waals surface area contributed by atoms with E-state index in [0.29, 0.717) is 18.1 Å². The van der Waals surface area contributed by atoms with Gasteiger partial charge in [0.15, 0.2) is 0 Å². The fourth-order valence-corrected chi connectivity index (χ4v) is 2.26. The van der Waals surface area contributed by atoms with Crippen LogP contribution >= 0.6 is 0 Å². The Morgan fingerprint density at radius 2 is 1.78 bits per heavy atom. The first-order valence-corrected chi connectivity index (χ1v) is 6.92. The molecule has 1 heterocycles. The lowest BCUT2D eigenvalue weighted by Gasteiger charge is -2.31. The Labute approximate surface area is 112 Å². The summed E-state index contributed by atoms with van der Waals surface area (Å²) in [7, 11) is 0. The van der Waals surface area contributed by atoms with Crippen molar-refractivity contribution >= 4 is 0 Å². The lowest BCUT2D eigenvalue weighted by Crippen LogP contribution is -2.41. The second-order valence-corrected chi connectivity index (χ2v) is 5.36. The summed E-state index contributed by atoms with van der Waals surface area (Å²) in [5, 5.41) is 3.53. The van der Waals surface area contributed by atoms with Crippen LogP contribution in [0.1, 0.15) is 46.4 Å². The maximum atomic E-state index is 4.37. The predicted molar refractivity (Wildman–Crippen MR) is 77.6 cm³/mol. The lowest BCUT2D eigenvalue weighted by atomic mass is 10.2. The van der Waals surface area contributed by atoms with E-state index in [-0.39, 0.29) is 0 Å². The highest BCUT2D eigenvalue weighted by Crippen LogP contribution is 2.08. The van der Waals surface area contributed by atoms with Crippen molar-refractivity contribution in [2.24, 2.45) is 0 Å². The Morgan fingerprint density at radius 3 is 2.28 bits per heavy atom. The molecule has 1 aromatic rings. The van der Waals surface area contributed by atoms with Gasteiger partial charge in [0.1, 0.15) is 0 Å². The first-order valence-electron chi connectivity index (χ1n) is 6.92. The van der Waals surface area contributed by atoms with Crippen molar-refractivity contribution in [3.8, 4) is 0 Å².